The molecule has 1 heterocycles. The van der Waals surface area contributed by atoms with Crippen LogP contribution in [0.4, 0.5) is 0 Å². The maximum Gasteiger partial charge on any atom is 0.254 e. The zero-order chi connectivity index (χ0) is 21.6. The molecule has 2 aromatic carbocycles. The highest BCUT2D eigenvalue weighted by atomic mass is 79.9. The fraction of sp³-hybridized carbons (Fsp3) is 0.300. The molecule has 3 rings (SSSR count). The van der Waals surface area contributed by atoms with Crippen LogP contribution >= 0.6 is 15.9 Å². The van der Waals surface area contributed by atoms with E-state index in [1.807, 2.05) is 23.1 Å². The van der Waals surface area contributed by atoms with Gasteiger partial charge in [0.2, 0.25) is 10.0 Å². The molecule has 0 bridgehead atoms. The molecule has 1 aliphatic heterocycles. The molecule has 1 amide bonds. The third-order valence-corrected chi connectivity index (χ3v) is 7.09. The smallest absolute Gasteiger partial charge is 0.254 e. The SMILES string of the molecule is COc1cccc(/C=N\NC(=O)CN2CCN(S(=O)(=O)c3ccc(Br)cc3)CC2)c1. The second-order valence-corrected chi connectivity index (χ2v) is 9.56. The first-order chi connectivity index (χ1) is 14.4. The second kappa shape index (κ2) is 10.2. The van der Waals surface area contributed by atoms with Crippen molar-refractivity contribution in [3.05, 3.63) is 58.6 Å². The lowest BCUT2D eigenvalue weighted by molar-refractivity contribution is -0.122. The van der Waals surface area contributed by atoms with Crippen molar-refractivity contribution in [3.8, 4) is 5.75 Å². The quantitative estimate of drug-likeness (QED) is 0.468. The first kappa shape index (κ1) is 22.4. The van der Waals surface area contributed by atoms with E-state index in [4.69, 9.17) is 4.74 Å². The average molecular weight is 495 g/mol. The van der Waals surface area contributed by atoms with E-state index in [9.17, 15) is 13.2 Å². The molecule has 0 spiro atoms. The second-order valence-electron chi connectivity index (χ2n) is 6.70. The topological polar surface area (TPSA) is 91.3 Å². The van der Waals surface area contributed by atoms with Crippen molar-refractivity contribution in [3.63, 3.8) is 0 Å². The summed E-state index contributed by atoms with van der Waals surface area (Å²) >= 11 is 3.31. The number of benzene rings is 2. The summed E-state index contributed by atoms with van der Waals surface area (Å²) in [5.74, 6) is 0.458. The van der Waals surface area contributed by atoms with Crippen molar-refractivity contribution in [1.82, 2.24) is 14.6 Å². The minimum atomic E-state index is -3.53. The van der Waals surface area contributed by atoms with Crippen LogP contribution in [0.3, 0.4) is 0 Å². The number of hydrazone groups is 1. The number of methoxy groups -OCH3 is 1. The molecular formula is C20H23BrN4O4S. The summed E-state index contributed by atoms with van der Waals surface area (Å²) in [6.07, 6.45) is 1.54. The van der Waals surface area contributed by atoms with Crippen molar-refractivity contribution < 1.29 is 17.9 Å². The first-order valence-electron chi connectivity index (χ1n) is 9.32. The molecular weight excluding hydrogens is 472 g/mol. The van der Waals surface area contributed by atoms with Gasteiger partial charge in [0.05, 0.1) is 24.8 Å². The fourth-order valence-corrected chi connectivity index (χ4v) is 4.71. The van der Waals surface area contributed by atoms with Crippen molar-refractivity contribution in [2.24, 2.45) is 5.10 Å². The number of piperazine rings is 1. The monoisotopic (exact) mass is 494 g/mol. The Morgan fingerprint density at radius 2 is 1.87 bits per heavy atom. The normalized spacial score (nSPS) is 15.9. The summed E-state index contributed by atoms with van der Waals surface area (Å²) in [4.78, 5) is 14.3. The van der Waals surface area contributed by atoms with E-state index in [-0.39, 0.29) is 17.3 Å². The fourth-order valence-electron chi connectivity index (χ4n) is 3.02. The van der Waals surface area contributed by atoms with Gasteiger partial charge in [-0.05, 0) is 42.0 Å². The molecule has 160 valence electrons. The van der Waals surface area contributed by atoms with Gasteiger partial charge in [-0.15, -0.1) is 0 Å². The lowest BCUT2D eigenvalue weighted by atomic mass is 10.2. The molecule has 1 aliphatic rings. The highest BCUT2D eigenvalue weighted by Crippen LogP contribution is 2.20. The number of carbonyl (C=O) groups is 1. The van der Waals surface area contributed by atoms with Crippen LogP contribution in [0, 0.1) is 0 Å². The number of hydrogen-bond donors (Lipinski definition) is 1. The van der Waals surface area contributed by atoms with Crippen molar-refractivity contribution >= 4 is 38.1 Å². The Bertz CT molecular complexity index is 1000. The third-order valence-electron chi connectivity index (χ3n) is 4.65. The summed E-state index contributed by atoms with van der Waals surface area (Å²) < 4.78 is 32.9. The molecule has 1 saturated heterocycles. The summed E-state index contributed by atoms with van der Waals surface area (Å²) in [7, 11) is -1.94. The van der Waals surface area contributed by atoms with Crippen LogP contribution < -0.4 is 10.2 Å². The Kier molecular flexibility index (Phi) is 7.59. The van der Waals surface area contributed by atoms with E-state index < -0.39 is 10.0 Å². The Morgan fingerprint density at radius 3 is 2.53 bits per heavy atom. The summed E-state index contributed by atoms with van der Waals surface area (Å²) in [5.41, 5.74) is 3.31. The minimum Gasteiger partial charge on any atom is -0.497 e. The standard InChI is InChI=1S/C20H23BrN4O4S/c1-29-18-4-2-3-16(13-18)14-22-23-20(26)15-24-9-11-25(12-10-24)30(27,28)19-7-5-17(21)6-8-19/h2-8,13-14H,9-12,15H2,1H3,(H,23,26)/b22-14-. The Balaban J connectivity index is 1.47. The number of halogens is 1. The van der Waals surface area contributed by atoms with Gasteiger partial charge in [0.1, 0.15) is 5.75 Å². The van der Waals surface area contributed by atoms with E-state index in [2.05, 4.69) is 26.5 Å². The average Bonchev–Trinajstić information content (AvgIpc) is 2.74. The Hall–Kier alpha value is -2.27. The van der Waals surface area contributed by atoms with E-state index in [0.29, 0.717) is 31.9 Å². The molecule has 2 aromatic rings. The summed E-state index contributed by atoms with van der Waals surface area (Å²) in [6, 6.07) is 13.9. The number of sulfonamides is 1. The van der Waals surface area contributed by atoms with Crippen LogP contribution in [0.15, 0.2) is 63.0 Å². The van der Waals surface area contributed by atoms with E-state index in [1.165, 1.54) is 4.31 Å². The third kappa shape index (κ3) is 5.88. The molecule has 1 fully saturated rings. The zero-order valence-electron chi connectivity index (χ0n) is 16.5. The number of hydrogen-bond acceptors (Lipinski definition) is 6. The van der Waals surface area contributed by atoms with Gasteiger partial charge in [-0.1, -0.05) is 28.1 Å². The van der Waals surface area contributed by atoms with Gasteiger partial charge in [0.15, 0.2) is 0 Å². The zero-order valence-corrected chi connectivity index (χ0v) is 18.9. The Morgan fingerprint density at radius 1 is 1.17 bits per heavy atom. The summed E-state index contributed by atoms with van der Waals surface area (Å²) in [6.45, 7) is 1.77. The van der Waals surface area contributed by atoms with Gasteiger partial charge in [-0.2, -0.15) is 9.41 Å². The lowest BCUT2D eigenvalue weighted by Crippen LogP contribution is -2.50. The highest BCUT2D eigenvalue weighted by Gasteiger charge is 2.28. The number of nitrogens with zero attached hydrogens (tertiary/aromatic N) is 3. The summed E-state index contributed by atoms with van der Waals surface area (Å²) in [5, 5.41) is 3.97. The molecule has 0 aromatic heterocycles. The molecule has 30 heavy (non-hydrogen) atoms. The lowest BCUT2D eigenvalue weighted by Gasteiger charge is -2.33. The maximum atomic E-state index is 12.7. The molecule has 0 atom stereocenters. The molecule has 0 saturated carbocycles. The van der Waals surface area contributed by atoms with E-state index >= 15 is 0 Å². The molecule has 8 nitrogen and oxygen atoms in total. The van der Waals surface area contributed by atoms with Crippen LogP contribution in [-0.4, -0.2) is 69.6 Å². The van der Waals surface area contributed by atoms with Crippen LogP contribution in [0.2, 0.25) is 0 Å². The number of nitrogens with one attached hydrogen (secondary N) is 1. The molecule has 0 aliphatic carbocycles. The van der Waals surface area contributed by atoms with Gasteiger partial charge in [-0.3, -0.25) is 9.69 Å². The molecule has 10 heteroatoms. The molecule has 0 unspecified atom stereocenters. The predicted octanol–water partition coefficient (Wildman–Crippen LogP) is 1.91. The number of ether oxygens (including phenoxy) is 1. The number of amides is 1. The van der Waals surface area contributed by atoms with Gasteiger partial charge in [-0.25, -0.2) is 13.8 Å². The minimum absolute atomic E-state index is 0.154. The van der Waals surface area contributed by atoms with Crippen molar-refractivity contribution in [2.45, 2.75) is 4.90 Å². The number of rotatable bonds is 7. The predicted molar refractivity (Wildman–Crippen MR) is 118 cm³/mol. The first-order valence-corrected chi connectivity index (χ1v) is 11.6. The molecule has 0 radical (unpaired) electrons. The maximum absolute atomic E-state index is 12.7. The molecule has 1 N–H and O–H groups in total. The Labute approximate surface area is 184 Å². The van der Waals surface area contributed by atoms with Gasteiger partial charge >= 0.3 is 0 Å². The largest absolute Gasteiger partial charge is 0.497 e. The van der Waals surface area contributed by atoms with Crippen molar-refractivity contribution in [2.75, 3.05) is 39.8 Å². The number of carbonyl (C=O) groups excluding carboxylic acids is 1. The van der Waals surface area contributed by atoms with E-state index in [0.717, 1.165) is 10.0 Å². The van der Waals surface area contributed by atoms with Gasteiger partial charge < -0.3 is 4.74 Å². The van der Waals surface area contributed by atoms with Crippen molar-refractivity contribution in [1.29, 1.82) is 0 Å². The van der Waals surface area contributed by atoms with Crippen LogP contribution in [0.25, 0.3) is 0 Å². The van der Waals surface area contributed by atoms with Crippen LogP contribution in [0.1, 0.15) is 5.56 Å². The van der Waals surface area contributed by atoms with Gasteiger partial charge in [0, 0.05) is 30.7 Å². The van der Waals surface area contributed by atoms with Crippen LogP contribution in [-0.2, 0) is 14.8 Å². The van der Waals surface area contributed by atoms with E-state index in [1.54, 1.807) is 43.7 Å². The highest BCUT2D eigenvalue weighted by molar-refractivity contribution is 9.10. The van der Waals surface area contributed by atoms with Crippen LogP contribution in [0.5, 0.6) is 5.75 Å². The van der Waals surface area contributed by atoms with Gasteiger partial charge in [0.25, 0.3) is 5.91 Å².